The highest BCUT2D eigenvalue weighted by molar-refractivity contribution is 8.15. The number of amidine groups is 1. The molecule has 1 unspecified atom stereocenters. The van der Waals surface area contributed by atoms with Gasteiger partial charge in [0.05, 0.1) is 11.5 Å². The average molecular weight is 400 g/mol. The number of carboxylic acid groups (broad SMARTS) is 1. The molecule has 1 aliphatic heterocycles. The van der Waals surface area contributed by atoms with Crippen molar-refractivity contribution in [1.29, 1.82) is 0 Å². The third kappa shape index (κ3) is 5.40. The van der Waals surface area contributed by atoms with Crippen molar-refractivity contribution in [2.75, 3.05) is 0 Å². The molecule has 0 spiro atoms. The van der Waals surface area contributed by atoms with Gasteiger partial charge in [0.15, 0.2) is 5.17 Å². The summed E-state index contributed by atoms with van der Waals surface area (Å²) in [6.07, 6.45) is 1.10. The lowest BCUT2D eigenvalue weighted by atomic mass is 10.2. The van der Waals surface area contributed by atoms with Gasteiger partial charge in [-0.05, 0) is 35.9 Å². The first-order valence-corrected chi connectivity index (χ1v) is 9.14. The van der Waals surface area contributed by atoms with Crippen LogP contribution in [0.1, 0.15) is 17.5 Å². The number of thioether (sulfide) groups is 1. The Balaban J connectivity index is 1.53. The maximum Gasteiger partial charge on any atom is 0.239 e. The van der Waals surface area contributed by atoms with Crippen molar-refractivity contribution >= 4 is 35.0 Å². The molecule has 2 aromatic carbocycles. The summed E-state index contributed by atoms with van der Waals surface area (Å²) in [7, 11) is 0. The van der Waals surface area contributed by atoms with E-state index in [2.05, 4.69) is 15.5 Å². The second-order valence-electron chi connectivity index (χ2n) is 5.77. The summed E-state index contributed by atoms with van der Waals surface area (Å²) in [6.45, 7) is 0.123. The number of halogens is 1. The van der Waals surface area contributed by atoms with Crippen LogP contribution in [0.15, 0.2) is 58.7 Å². The van der Waals surface area contributed by atoms with Crippen molar-refractivity contribution in [3.8, 4) is 5.75 Å². The van der Waals surface area contributed by atoms with E-state index in [4.69, 9.17) is 4.74 Å². The highest BCUT2D eigenvalue weighted by atomic mass is 32.2. The zero-order chi connectivity index (χ0) is 19.9. The number of nitrogens with one attached hydrogen (secondary N) is 1. The lowest BCUT2D eigenvalue weighted by Crippen LogP contribution is -2.31. The average Bonchev–Trinajstić information content (AvgIpc) is 3.01. The Morgan fingerprint density at radius 3 is 2.71 bits per heavy atom. The molecular formula is C19H15FN3O4S-. The van der Waals surface area contributed by atoms with Gasteiger partial charge in [0.25, 0.3) is 0 Å². The van der Waals surface area contributed by atoms with E-state index in [9.17, 15) is 19.1 Å². The van der Waals surface area contributed by atoms with Gasteiger partial charge in [-0.2, -0.15) is 5.10 Å². The summed E-state index contributed by atoms with van der Waals surface area (Å²) in [6, 6.07) is 13.3. The van der Waals surface area contributed by atoms with E-state index >= 15 is 0 Å². The molecule has 1 N–H and O–H groups in total. The van der Waals surface area contributed by atoms with Gasteiger partial charge in [-0.25, -0.2) is 4.39 Å². The standard InChI is InChI=1S/C19H16FN3O4S/c20-15-4-2-1-3-13(15)11-27-14-7-5-12(6-8-14)10-21-23-19-22-18(26)16(28-19)9-17(24)25/h1-8,10,16H,9,11H2,(H,24,25)(H,22,23,26)/p-1/b21-10+. The summed E-state index contributed by atoms with van der Waals surface area (Å²) < 4.78 is 19.1. The van der Waals surface area contributed by atoms with E-state index in [1.54, 1.807) is 42.5 Å². The molecule has 0 aromatic heterocycles. The minimum absolute atomic E-state index is 0.123. The van der Waals surface area contributed by atoms with Gasteiger partial charge in [-0.15, -0.1) is 5.10 Å². The number of carbonyl (C=O) groups is 2. The molecule has 1 aliphatic rings. The third-order valence-electron chi connectivity index (χ3n) is 3.72. The quantitative estimate of drug-likeness (QED) is 0.560. The molecule has 28 heavy (non-hydrogen) atoms. The summed E-state index contributed by atoms with van der Waals surface area (Å²) in [5.74, 6) is -1.46. The Morgan fingerprint density at radius 1 is 1.25 bits per heavy atom. The second-order valence-corrected chi connectivity index (χ2v) is 6.96. The highest BCUT2D eigenvalue weighted by Crippen LogP contribution is 2.22. The summed E-state index contributed by atoms with van der Waals surface area (Å²) >= 11 is 0.994. The molecule has 0 radical (unpaired) electrons. The van der Waals surface area contributed by atoms with E-state index in [1.807, 2.05) is 0 Å². The van der Waals surface area contributed by atoms with Crippen LogP contribution in [0.3, 0.4) is 0 Å². The van der Waals surface area contributed by atoms with E-state index in [-0.39, 0.29) is 24.0 Å². The van der Waals surface area contributed by atoms with Crippen LogP contribution in [0, 0.1) is 5.82 Å². The highest BCUT2D eigenvalue weighted by Gasteiger charge is 2.30. The molecule has 1 amide bonds. The smallest absolute Gasteiger partial charge is 0.239 e. The Morgan fingerprint density at radius 2 is 2.00 bits per heavy atom. The Kier molecular flexibility index (Phi) is 6.38. The van der Waals surface area contributed by atoms with E-state index < -0.39 is 17.1 Å². The number of aliphatic carboxylic acids is 1. The zero-order valence-corrected chi connectivity index (χ0v) is 15.3. The number of ether oxygens (including phenoxy) is 1. The van der Waals surface area contributed by atoms with Crippen molar-refractivity contribution in [3.63, 3.8) is 0 Å². The molecule has 0 aliphatic carbocycles. The second kappa shape index (κ2) is 9.14. The van der Waals surface area contributed by atoms with Crippen LogP contribution in [0.5, 0.6) is 5.75 Å². The van der Waals surface area contributed by atoms with Crippen molar-refractivity contribution in [2.24, 2.45) is 10.2 Å². The van der Waals surface area contributed by atoms with Crippen LogP contribution in [0.25, 0.3) is 0 Å². The van der Waals surface area contributed by atoms with Crippen LogP contribution >= 0.6 is 11.8 Å². The Hall–Kier alpha value is -3.20. The largest absolute Gasteiger partial charge is 0.550 e. The number of carboxylic acids is 1. The first-order valence-electron chi connectivity index (χ1n) is 8.26. The molecule has 1 fully saturated rings. The third-order valence-corrected chi connectivity index (χ3v) is 4.79. The zero-order valence-electron chi connectivity index (χ0n) is 14.5. The minimum Gasteiger partial charge on any atom is -0.550 e. The van der Waals surface area contributed by atoms with Crippen LogP contribution < -0.4 is 15.2 Å². The SMILES string of the molecule is O=C([O-])CC1S/C(=N/N=C/c2ccc(OCc3ccccc3F)cc2)NC1=O. The van der Waals surface area contributed by atoms with Crippen LogP contribution in [-0.2, 0) is 16.2 Å². The summed E-state index contributed by atoms with van der Waals surface area (Å²) in [5.41, 5.74) is 1.21. The minimum atomic E-state index is -1.30. The van der Waals surface area contributed by atoms with Crippen molar-refractivity contribution in [2.45, 2.75) is 18.3 Å². The first-order chi connectivity index (χ1) is 13.5. The van der Waals surface area contributed by atoms with Crippen LogP contribution in [-0.4, -0.2) is 28.5 Å². The number of carbonyl (C=O) groups excluding carboxylic acids is 2. The fourth-order valence-electron chi connectivity index (χ4n) is 2.31. The monoisotopic (exact) mass is 400 g/mol. The number of rotatable bonds is 7. The van der Waals surface area contributed by atoms with Crippen molar-refractivity contribution in [1.82, 2.24) is 5.32 Å². The maximum absolute atomic E-state index is 13.6. The normalized spacial score (nSPS) is 17.8. The lowest BCUT2D eigenvalue weighted by Gasteiger charge is -2.07. The molecule has 7 nitrogen and oxygen atoms in total. The van der Waals surface area contributed by atoms with E-state index in [1.165, 1.54) is 12.3 Å². The number of nitrogens with zero attached hydrogens (tertiary/aromatic N) is 2. The molecule has 9 heteroatoms. The number of amides is 1. The van der Waals surface area contributed by atoms with Gasteiger partial charge < -0.3 is 20.0 Å². The van der Waals surface area contributed by atoms with Gasteiger partial charge in [0, 0.05) is 18.0 Å². The fraction of sp³-hybridized carbons (Fsp3) is 0.158. The Labute approximate surface area is 164 Å². The van der Waals surface area contributed by atoms with Crippen molar-refractivity contribution < 1.29 is 23.8 Å². The van der Waals surface area contributed by atoms with Crippen LogP contribution in [0.2, 0.25) is 0 Å². The fourth-order valence-corrected chi connectivity index (χ4v) is 3.22. The number of hydrogen-bond acceptors (Lipinski definition) is 7. The van der Waals surface area contributed by atoms with E-state index in [0.29, 0.717) is 11.3 Å². The van der Waals surface area contributed by atoms with Gasteiger partial charge in [0.2, 0.25) is 5.91 Å². The Bertz CT molecular complexity index is 931. The van der Waals surface area contributed by atoms with Gasteiger partial charge in [-0.1, -0.05) is 30.0 Å². The van der Waals surface area contributed by atoms with Crippen LogP contribution in [0.4, 0.5) is 4.39 Å². The molecule has 0 saturated carbocycles. The molecule has 1 saturated heterocycles. The predicted molar refractivity (Wildman–Crippen MR) is 101 cm³/mol. The van der Waals surface area contributed by atoms with Crippen molar-refractivity contribution in [3.05, 3.63) is 65.5 Å². The van der Waals surface area contributed by atoms with Gasteiger partial charge in [-0.3, -0.25) is 4.79 Å². The number of benzene rings is 2. The molecule has 144 valence electrons. The molecular weight excluding hydrogens is 385 g/mol. The first kappa shape index (κ1) is 19.6. The lowest BCUT2D eigenvalue weighted by molar-refractivity contribution is -0.305. The predicted octanol–water partition coefficient (Wildman–Crippen LogP) is 1.47. The summed E-state index contributed by atoms with van der Waals surface area (Å²) in [4.78, 5) is 22.2. The van der Waals surface area contributed by atoms with Gasteiger partial charge in [0.1, 0.15) is 18.2 Å². The van der Waals surface area contributed by atoms with E-state index in [0.717, 1.165) is 17.3 Å². The molecule has 0 bridgehead atoms. The topological polar surface area (TPSA) is 103 Å². The molecule has 2 aromatic rings. The maximum atomic E-state index is 13.6. The number of hydrogen-bond donors (Lipinski definition) is 1. The summed E-state index contributed by atoms with van der Waals surface area (Å²) in [5, 5.41) is 20.3. The molecule has 3 rings (SSSR count). The molecule has 1 heterocycles. The molecule has 1 atom stereocenters. The van der Waals surface area contributed by atoms with Gasteiger partial charge >= 0.3 is 0 Å².